The molecule has 0 aromatic heterocycles. The molecule has 0 aliphatic carbocycles. The molecule has 0 spiro atoms. The van der Waals surface area contributed by atoms with Gasteiger partial charge in [0.05, 0.1) is 22.5 Å². The molecule has 0 amide bonds. The average Bonchev–Trinajstić information content (AvgIpc) is 2.60. The van der Waals surface area contributed by atoms with E-state index < -0.39 is 11.9 Å². The maximum atomic E-state index is 11.1. The van der Waals surface area contributed by atoms with Crippen LogP contribution in [-0.2, 0) is 9.59 Å². The third-order valence-electron chi connectivity index (χ3n) is 3.03. The molecule has 0 aliphatic rings. The molecule has 0 radical (unpaired) electrons. The standard InChI is InChI=1S/C16H12N2O8/c19-7-25-13-3-9(15(21)22)1-11(5-13)17-18-12-2-10(16(23)24)4-14(6-12)26-8-20/h1-8,17-18H,(H,21,22)(H,23,24). The molecule has 26 heavy (non-hydrogen) atoms. The van der Waals surface area contributed by atoms with Crippen molar-refractivity contribution in [2.75, 3.05) is 10.9 Å². The Morgan fingerprint density at radius 3 is 1.42 bits per heavy atom. The first-order valence-electron chi connectivity index (χ1n) is 6.92. The van der Waals surface area contributed by atoms with Gasteiger partial charge < -0.3 is 30.5 Å². The van der Waals surface area contributed by atoms with Crippen LogP contribution in [0.3, 0.4) is 0 Å². The number of anilines is 2. The van der Waals surface area contributed by atoms with Crippen molar-refractivity contribution in [2.45, 2.75) is 0 Å². The summed E-state index contributed by atoms with van der Waals surface area (Å²) in [6.45, 7) is 0.301. The lowest BCUT2D eigenvalue weighted by molar-refractivity contribution is -0.121. The lowest BCUT2D eigenvalue weighted by Crippen LogP contribution is -2.11. The molecular formula is C16H12N2O8. The summed E-state index contributed by atoms with van der Waals surface area (Å²) >= 11 is 0. The number of hydrogen-bond donors (Lipinski definition) is 4. The van der Waals surface area contributed by atoms with Crippen LogP contribution in [0, 0.1) is 0 Å². The van der Waals surface area contributed by atoms with Gasteiger partial charge in [-0.05, 0) is 24.3 Å². The first-order valence-corrected chi connectivity index (χ1v) is 6.92. The van der Waals surface area contributed by atoms with Crippen LogP contribution >= 0.6 is 0 Å². The van der Waals surface area contributed by atoms with E-state index in [1.165, 1.54) is 24.3 Å². The highest BCUT2D eigenvalue weighted by atomic mass is 16.5. The summed E-state index contributed by atoms with van der Waals surface area (Å²) < 4.78 is 9.29. The van der Waals surface area contributed by atoms with Crippen molar-refractivity contribution in [3.05, 3.63) is 47.5 Å². The smallest absolute Gasteiger partial charge is 0.335 e. The van der Waals surface area contributed by atoms with E-state index in [4.69, 9.17) is 10.2 Å². The van der Waals surface area contributed by atoms with Gasteiger partial charge in [-0.2, -0.15) is 0 Å². The van der Waals surface area contributed by atoms with E-state index in [2.05, 4.69) is 20.3 Å². The second-order valence-electron chi connectivity index (χ2n) is 4.78. The van der Waals surface area contributed by atoms with Gasteiger partial charge in [0, 0.05) is 12.1 Å². The van der Waals surface area contributed by atoms with Crippen molar-refractivity contribution in [1.82, 2.24) is 0 Å². The third kappa shape index (κ3) is 4.71. The molecule has 0 saturated carbocycles. The minimum absolute atomic E-state index is 0.00605. The molecule has 0 fully saturated rings. The van der Waals surface area contributed by atoms with Gasteiger partial charge >= 0.3 is 11.9 Å². The summed E-state index contributed by atoms with van der Waals surface area (Å²) in [5.74, 6) is -2.49. The lowest BCUT2D eigenvalue weighted by atomic mass is 10.2. The molecule has 134 valence electrons. The molecular weight excluding hydrogens is 348 g/mol. The van der Waals surface area contributed by atoms with Crippen LogP contribution in [0.15, 0.2) is 36.4 Å². The van der Waals surface area contributed by atoms with E-state index >= 15 is 0 Å². The van der Waals surface area contributed by atoms with Gasteiger partial charge in [0.2, 0.25) is 0 Å². The first-order chi connectivity index (χ1) is 12.4. The molecule has 10 nitrogen and oxygen atoms in total. The number of benzene rings is 2. The third-order valence-corrected chi connectivity index (χ3v) is 3.03. The number of carbonyl (C=O) groups excluding carboxylic acids is 2. The maximum Gasteiger partial charge on any atom is 0.335 e. The van der Waals surface area contributed by atoms with Crippen molar-refractivity contribution in [1.29, 1.82) is 0 Å². The largest absolute Gasteiger partial charge is 0.478 e. The number of carboxylic acids is 2. The summed E-state index contributed by atoms with van der Waals surface area (Å²) in [6.07, 6.45) is 0. The van der Waals surface area contributed by atoms with E-state index in [-0.39, 0.29) is 46.9 Å². The predicted molar refractivity (Wildman–Crippen MR) is 87.4 cm³/mol. The summed E-state index contributed by atoms with van der Waals surface area (Å²) in [5, 5.41) is 18.1. The zero-order valence-corrected chi connectivity index (χ0v) is 13.0. The van der Waals surface area contributed by atoms with E-state index in [1.54, 1.807) is 0 Å². The minimum atomic E-state index is -1.24. The molecule has 0 saturated heterocycles. The molecule has 2 aromatic carbocycles. The first kappa shape index (κ1) is 18.3. The highest BCUT2D eigenvalue weighted by Crippen LogP contribution is 2.24. The van der Waals surface area contributed by atoms with Crippen LogP contribution < -0.4 is 20.3 Å². The molecule has 4 N–H and O–H groups in total. The predicted octanol–water partition coefficient (Wildman–Crippen LogP) is 1.59. The number of carbonyl (C=O) groups is 4. The Bertz CT molecular complexity index is 794. The molecule has 0 heterocycles. The van der Waals surface area contributed by atoms with E-state index in [0.29, 0.717) is 0 Å². The highest BCUT2D eigenvalue weighted by molar-refractivity contribution is 5.90. The molecule has 0 aliphatic heterocycles. The average molecular weight is 360 g/mol. The second kappa shape index (κ2) is 8.15. The number of rotatable bonds is 9. The monoisotopic (exact) mass is 360 g/mol. The highest BCUT2D eigenvalue weighted by Gasteiger charge is 2.10. The fourth-order valence-electron chi connectivity index (χ4n) is 1.98. The minimum Gasteiger partial charge on any atom is -0.478 e. The normalized spacial score (nSPS) is 9.69. The van der Waals surface area contributed by atoms with Crippen molar-refractivity contribution < 1.29 is 38.9 Å². The fourth-order valence-corrected chi connectivity index (χ4v) is 1.98. The number of hydrazine groups is 1. The van der Waals surface area contributed by atoms with Crippen molar-refractivity contribution >= 4 is 36.3 Å². The van der Waals surface area contributed by atoms with Gasteiger partial charge in [-0.25, -0.2) is 9.59 Å². The number of aromatic carboxylic acids is 2. The quantitative estimate of drug-likeness (QED) is 0.383. The van der Waals surface area contributed by atoms with Crippen molar-refractivity contribution in [3.63, 3.8) is 0 Å². The SMILES string of the molecule is O=COc1cc(NNc2cc(OC=O)cc(C(=O)O)c2)cc(C(=O)O)c1. The van der Waals surface area contributed by atoms with Gasteiger partial charge in [-0.3, -0.25) is 9.59 Å². The maximum absolute atomic E-state index is 11.1. The van der Waals surface area contributed by atoms with E-state index in [1.807, 2.05) is 0 Å². The van der Waals surface area contributed by atoms with Crippen LogP contribution in [0.5, 0.6) is 11.5 Å². The van der Waals surface area contributed by atoms with E-state index in [0.717, 1.165) is 12.1 Å². The topological polar surface area (TPSA) is 151 Å². The second-order valence-corrected chi connectivity index (χ2v) is 4.78. The fraction of sp³-hybridized carbons (Fsp3) is 0. The van der Waals surface area contributed by atoms with Gasteiger partial charge in [0.15, 0.2) is 0 Å². The van der Waals surface area contributed by atoms with E-state index in [9.17, 15) is 19.2 Å². The molecule has 2 rings (SSSR count). The molecule has 0 atom stereocenters. The number of nitrogens with one attached hydrogen (secondary N) is 2. The van der Waals surface area contributed by atoms with Crippen LogP contribution in [-0.4, -0.2) is 35.1 Å². The summed E-state index contributed by atoms with van der Waals surface area (Å²) in [4.78, 5) is 43.1. The summed E-state index contributed by atoms with van der Waals surface area (Å²) in [5.41, 5.74) is 5.45. The van der Waals surface area contributed by atoms with Crippen LogP contribution in [0.1, 0.15) is 20.7 Å². The Balaban J connectivity index is 2.27. The van der Waals surface area contributed by atoms with Gasteiger partial charge in [-0.15, -0.1) is 0 Å². The molecule has 0 bridgehead atoms. The Morgan fingerprint density at radius 2 is 1.12 bits per heavy atom. The van der Waals surface area contributed by atoms with Gasteiger partial charge in [-0.1, -0.05) is 0 Å². The Labute approximate surface area is 145 Å². The lowest BCUT2D eigenvalue weighted by Gasteiger charge is -2.13. The van der Waals surface area contributed by atoms with Gasteiger partial charge in [0.25, 0.3) is 12.9 Å². The summed E-state index contributed by atoms with van der Waals surface area (Å²) in [7, 11) is 0. The Hall–Kier alpha value is -4.08. The van der Waals surface area contributed by atoms with Crippen LogP contribution in [0.4, 0.5) is 11.4 Å². The molecule has 2 aromatic rings. The number of ether oxygens (including phenoxy) is 2. The van der Waals surface area contributed by atoms with Crippen molar-refractivity contribution in [3.8, 4) is 11.5 Å². The molecule has 10 heteroatoms. The Kier molecular flexibility index (Phi) is 5.72. The Morgan fingerprint density at radius 1 is 0.731 bits per heavy atom. The zero-order valence-electron chi connectivity index (χ0n) is 13.0. The number of hydrogen-bond acceptors (Lipinski definition) is 8. The van der Waals surface area contributed by atoms with Crippen molar-refractivity contribution in [2.24, 2.45) is 0 Å². The van der Waals surface area contributed by atoms with Crippen LogP contribution in [0.2, 0.25) is 0 Å². The zero-order chi connectivity index (χ0) is 19.1. The van der Waals surface area contributed by atoms with Gasteiger partial charge in [0.1, 0.15) is 11.5 Å². The van der Waals surface area contributed by atoms with Crippen LogP contribution in [0.25, 0.3) is 0 Å². The molecule has 0 unspecified atom stereocenters. The summed E-state index contributed by atoms with van der Waals surface area (Å²) in [6, 6.07) is 7.52. The number of carboxylic acid groups (broad SMARTS) is 2.